The third-order valence-corrected chi connectivity index (χ3v) is 3.76. The van der Waals surface area contributed by atoms with Crippen molar-refractivity contribution >= 4 is 5.97 Å². The molecule has 1 aliphatic carbocycles. The van der Waals surface area contributed by atoms with Crippen molar-refractivity contribution in [3.8, 4) is 0 Å². The SMILES string of the molecule is NC1(CC(=O)O)CCCCC1c1ccccc1. The van der Waals surface area contributed by atoms with Crippen LogP contribution >= 0.6 is 0 Å². The molecule has 0 radical (unpaired) electrons. The first kappa shape index (κ1) is 12.1. The molecule has 0 amide bonds. The number of rotatable bonds is 3. The molecular formula is C14H19NO2. The lowest BCUT2D eigenvalue weighted by Crippen LogP contribution is -2.49. The zero-order valence-corrected chi connectivity index (χ0v) is 9.93. The fourth-order valence-electron chi connectivity index (χ4n) is 2.94. The molecule has 92 valence electrons. The zero-order valence-electron chi connectivity index (χ0n) is 9.93. The van der Waals surface area contributed by atoms with Crippen LogP contribution < -0.4 is 5.73 Å². The van der Waals surface area contributed by atoms with E-state index in [9.17, 15) is 4.79 Å². The summed E-state index contributed by atoms with van der Waals surface area (Å²) in [5.74, 6) is -0.621. The van der Waals surface area contributed by atoms with Gasteiger partial charge in [-0.3, -0.25) is 4.79 Å². The number of carbonyl (C=O) groups is 1. The molecule has 1 fully saturated rings. The standard InChI is InChI=1S/C14H19NO2/c15-14(10-13(16)17)9-5-4-8-12(14)11-6-2-1-3-7-11/h1-3,6-7,12H,4-5,8-10,15H2,(H,16,17). The van der Waals surface area contributed by atoms with Gasteiger partial charge in [0.05, 0.1) is 6.42 Å². The van der Waals surface area contributed by atoms with Crippen LogP contribution in [-0.4, -0.2) is 16.6 Å². The lowest BCUT2D eigenvalue weighted by molar-refractivity contribution is -0.138. The van der Waals surface area contributed by atoms with Gasteiger partial charge in [-0.05, 0) is 18.4 Å². The summed E-state index contributed by atoms with van der Waals surface area (Å²) in [7, 11) is 0. The Morgan fingerprint density at radius 1 is 1.35 bits per heavy atom. The number of nitrogens with two attached hydrogens (primary N) is 1. The van der Waals surface area contributed by atoms with Crippen LogP contribution in [0.15, 0.2) is 30.3 Å². The Bertz CT molecular complexity index is 390. The molecule has 2 rings (SSSR count). The summed E-state index contributed by atoms with van der Waals surface area (Å²) in [5.41, 5.74) is 6.95. The Morgan fingerprint density at radius 2 is 2.06 bits per heavy atom. The third-order valence-electron chi connectivity index (χ3n) is 3.76. The second-order valence-electron chi connectivity index (χ2n) is 5.01. The number of hydrogen-bond acceptors (Lipinski definition) is 2. The maximum absolute atomic E-state index is 11.0. The van der Waals surface area contributed by atoms with E-state index in [0.717, 1.165) is 25.7 Å². The van der Waals surface area contributed by atoms with E-state index >= 15 is 0 Å². The first-order chi connectivity index (χ1) is 8.12. The summed E-state index contributed by atoms with van der Waals surface area (Å²) in [5, 5.41) is 9.02. The Labute approximate surface area is 102 Å². The maximum Gasteiger partial charge on any atom is 0.305 e. The van der Waals surface area contributed by atoms with E-state index in [-0.39, 0.29) is 12.3 Å². The molecule has 1 aromatic carbocycles. The zero-order chi connectivity index (χ0) is 12.3. The van der Waals surface area contributed by atoms with Crippen LogP contribution in [0.1, 0.15) is 43.6 Å². The summed E-state index contributed by atoms with van der Waals surface area (Å²) in [6.45, 7) is 0. The average Bonchev–Trinajstić information content (AvgIpc) is 2.29. The molecule has 2 unspecified atom stereocenters. The van der Waals surface area contributed by atoms with Crippen LogP contribution in [0.5, 0.6) is 0 Å². The first-order valence-corrected chi connectivity index (χ1v) is 6.17. The van der Waals surface area contributed by atoms with Crippen molar-refractivity contribution in [1.29, 1.82) is 0 Å². The van der Waals surface area contributed by atoms with Crippen LogP contribution in [0.3, 0.4) is 0 Å². The predicted molar refractivity (Wildman–Crippen MR) is 66.8 cm³/mol. The molecule has 3 nitrogen and oxygen atoms in total. The largest absolute Gasteiger partial charge is 0.481 e. The van der Waals surface area contributed by atoms with Crippen LogP contribution in [0.2, 0.25) is 0 Å². The molecular weight excluding hydrogens is 214 g/mol. The molecule has 0 saturated heterocycles. The van der Waals surface area contributed by atoms with Gasteiger partial charge in [-0.25, -0.2) is 0 Å². The lowest BCUT2D eigenvalue weighted by Gasteiger charge is -2.40. The van der Waals surface area contributed by atoms with E-state index in [1.165, 1.54) is 5.56 Å². The quantitative estimate of drug-likeness (QED) is 0.843. The van der Waals surface area contributed by atoms with Gasteiger partial charge in [0.25, 0.3) is 0 Å². The molecule has 0 spiro atoms. The third kappa shape index (κ3) is 2.67. The predicted octanol–water partition coefficient (Wildman–Crippen LogP) is 2.52. The van der Waals surface area contributed by atoms with Gasteiger partial charge in [-0.2, -0.15) is 0 Å². The van der Waals surface area contributed by atoms with Crippen LogP contribution in [0.25, 0.3) is 0 Å². The van der Waals surface area contributed by atoms with Crippen LogP contribution in [-0.2, 0) is 4.79 Å². The number of aliphatic carboxylic acids is 1. The van der Waals surface area contributed by atoms with Gasteiger partial charge in [0, 0.05) is 11.5 Å². The molecule has 1 saturated carbocycles. The normalized spacial score (nSPS) is 28.9. The minimum absolute atomic E-state index is 0.0621. The van der Waals surface area contributed by atoms with Crippen molar-refractivity contribution < 1.29 is 9.90 Å². The van der Waals surface area contributed by atoms with Gasteiger partial charge in [0.1, 0.15) is 0 Å². The van der Waals surface area contributed by atoms with Gasteiger partial charge in [-0.1, -0.05) is 43.2 Å². The highest BCUT2D eigenvalue weighted by Crippen LogP contribution is 2.41. The molecule has 2 atom stereocenters. The smallest absolute Gasteiger partial charge is 0.305 e. The van der Waals surface area contributed by atoms with E-state index in [1.807, 2.05) is 18.2 Å². The van der Waals surface area contributed by atoms with Gasteiger partial charge >= 0.3 is 5.97 Å². The van der Waals surface area contributed by atoms with Gasteiger partial charge in [-0.15, -0.1) is 0 Å². The van der Waals surface area contributed by atoms with Crippen molar-refractivity contribution in [2.75, 3.05) is 0 Å². The van der Waals surface area contributed by atoms with Crippen LogP contribution in [0, 0.1) is 0 Å². The molecule has 3 heteroatoms. The van der Waals surface area contributed by atoms with Crippen molar-refractivity contribution in [1.82, 2.24) is 0 Å². The molecule has 3 N–H and O–H groups in total. The highest BCUT2D eigenvalue weighted by molar-refractivity contribution is 5.68. The topological polar surface area (TPSA) is 63.3 Å². The minimum atomic E-state index is -0.796. The summed E-state index contributed by atoms with van der Waals surface area (Å²) < 4.78 is 0. The summed E-state index contributed by atoms with van der Waals surface area (Å²) >= 11 is 0. The summed E-state index contributed by atoms with van der Waals surface area (Å²) in [6, 6.07) is 10.1. The Morgan fingerprint density at radius 3 is 2.71 bits per heavy atom. The molecule has 0 bridgehead atoms. The molecule has 1 aromatic rings. The number of benzene rings is 1. The van der Waals surface area contributed by atoms with E-state index in [1.54, 1.807) is 0 Å². The van der Waals surface area contributed by atoms with Crippen LogP contribution in [0.4, 0.5) is 0 Å². The molecule has 0 heterocycles. The molecule has 17 heavy (non-hydrogen) atoms. The van der Waals surface area contributed by atoms with E-state index in [0.29, 0.717) is 0 Å². The fraction of sp³-hybridized carbons (Fsp3) is 0.500. The van der Waals surface area contributed by atoms with Gasteiger partial charge in [0.15, 0.2) is 0 Å². The average molecular weight is 233 g/mol. The Hall–Kier alpha value is -1.35. The van der Waals surface area contributed by atoms with Crippen molar-refractivity contribution in [3.05, 3.63) is 35.9 Å². The highest BCUT2D eigenvalue weighted by Gasteiger charge is 2.39. The highest BCUT2D eigenvalue weighted by atomic mass is 16.4. The molecule has 0 aliphatic heterocycles. The van der Waals surface area contributed by atoms with E-state index < -0.39 is 11.5 Å². The Kier molecular flexibility index (Phi) is 3.48. The number of hydrogen-bond donors (Lipinski definition) is 2. The first-order valence-electron chi connectivity index (χ1n) is 6.17. The second kappa shape index (κ2) is 4.88. The van der Waals surface area contributed by atoms with E-state index in [2.05, 4.69) is 12.1 Å². The number of carboxylic acids is 1. The van der Waals surface area contributed by atoms with Crippen molar-refractivity contribution in [2.24, 2.45) is 5.73 Å². The Balaban J connectivity index is 2.26. The van der Waals surface area contributed by atoms with Gasteiger partial charge < -0.3 is 10.8 Å². The lowest BCUT2D eigenvalue weighted by atomic mass is 9.68. The second-order valence-corrected chi connectivity index (χ2v) is 5.01. The van der Waals surface area contributed by atoms with Crippen molar-refractivity contribution in [2.45, 2.75) is 43.6 Å². The van der Waals surface area contributed by atoms with E-state index in [4.69, 9.17) is 10.8 Å². The monoisotopic (exact) mass is 233 g/mol. The number of carboxylic acid groups (broad SMARTS) is 1. The molecule has 0 aromatic heterocycles. The minimum Gasteiger partial charge on any atom is -0.481 e. The summed E-state index contributed by atoms with van der Waals surface area (Å²) in [6.07, 6.45) is 4.03. The molecule has 1 aliphatic rings. The van der Waals surface area contributed by atoms with Crippen molar-refractivity contribution in [3.63, 3.8) is 0 Å². The maximum atomic E-state index is 11.0. The van der Waals surface area contributed by atoms with Gasteiger partial charge in [0.2, 0.25) is 0 Å². The fourth-order valence-corrected chi connectivity index (χ4v) is 2.94. The summed E-state index contributed by atoms with van der Waals surface area (Å²) in [4.78, 5) is 11.0.